The first-order valence-corrected chi connectivity index (χ1v) is 4.87. The zero-order chi connectivity index (χ0) is 8.97. The molecule has 1 aromatic heterocycles. The van der Waals surface area contributed by atoms with Crippen LogP contribution in [0.2, 0.25) is 0 Å². The summed E-state index contributed by atoms with van der Waals surface area (Å²) in [5, 5.41) is 2.04. The number of amides is 1. The van der Waals surface area contributed by atoms with Crippen molar-refractivity contribution in [3.8, 4) is 0 Å². The molecule has 0 radical (unpaired) electrons. The number of carbonyl (C=O) groups excluding carboxylic acids is 1. The molecule has 0 aliphatic carbocycles. The Morgan fingerprint density at radius 3 is 3.17 bits per heavy atom. The van der Waals surface area contributed by atoms with Crippen molar-refractivity contribution in [3.63, 3.8) is 0 Å². The van der Waals surface area contributed by atoms with E-state index in [1.165, 1.54) is 11.3 Å². The van der Waals surface area contributed by atoms with Crippen molar-refractivity contribution in [1.82, 2.24) is 10.3 Å². The van der Waals surface area contributed by atoms with Crippen LogP contribution in [0.3, 0.4) is 0 Å². The van der Waals surface area contributed by atoms with Crippen LogP contribution in [-0.4, -0.2) is 17.4 Å². The molecule has 0 aromatic carbocycles. The van der Waals surface area contributed by atoms with E-state index >= 15 is 0 Å². The lowest BCUT2D eigenvalue weighted by Crippen LogP contribution is -2.26. The maximum absolute atomic E-state index is 11.2. The molecule has 0 fully saturated rings. The van der Waals surface area contributed by atoms with Crippen LogP contribution in [0.25, 0.3) is 0 Å². The number of likely N-dealkylation sites (N-methyl/N-ethyl adjacent to an activating group) is 1. The summed E-state index contributed by atoms with van der Waals surface area (Å²) in [6.07, 6.45) is 1.61. The Balaban J connectivity index is 2.59. The third-order valence-corrected chi connectivity index (χ3v) is 2.69. The standard InChI is InChI=1S/C7H9ClN2OS/c1-2-10-7(11)6(8)5-3-9-4-12-5/h3-4,6H,2H2,1H3,(H,10,11). The molecule has 0 aliphatic heterocycles. The predicted octanol–water partition coefficient (Wildman–Crippen LogP) is 1.56. The third kappa shape index (κ3) is 2.19. The van der Waals surface area contributed by atoms with Crippen LogP contribution >= 0.6 is 22.9 Å². The number of aromatic nitrogens is 1. The highest BCUT2D eigenvalue weighted by atomic mass is 35.5. The fourth-order valence-electron chi connectivity index (χ4n) is 0.744. The highest BCUT2D eigenvalue weighted by Gasteiger charge is 2.17. The number of carbonyl (C=O) groups is 1. The zero-order valence-electron chi connectivity index (χ0n) is 6.58. The third-order valence-electron chi connectivity index (χ3n) is 1.28. The average Bonchev–Trinajstić information content (AvgIpc) is 2.55. The zero-order valence-corrected chi connectivity index (χ0v) is 8.15. The van der Waals surface area contributed by atoms with Gasteiger partial charge >= 0.3 is 0 Å². The maximum atomic E-state index is 11.2. The number of rotatable bonds is 3. The number of halogens is 1. The number of hydrogen-bond acceptors (Lipinski definition) is 3. The van der Waals surface area contributed by atoms with E-state index in [4.69, 9.17) is 11.6 Å². The lowest BCUT2D eigenvalue weighted by molar-refractivity contribution is -0.120. The van der Waals surface area contributed by atoms with E-state index in [1.54, 1.807) is 11.7 Å². The Hall–Kier alpha value is -0.610. The van der Waals surface area contributed by atoms with Gasteiger partial charge in [-0.15, -0.1) is 22.9 Å². The molecule has 1 heterocycles. The van der Waals surface area contributed by atoms with Crippen molar-refractivity contribution in [2.75, 3.05) is 6.54 Å². The van der Waals surface area contributed by atoms with Gasteiger partial charge in [0.25, 0.3) is 0 Å². The number of nitrogens with zero attached hydrogens (tertiary/aromatic N) is 1. The second-order valence-electron chi connectivity index (χ2n) is 2.16. The summed E-state index contributed by atoms with van der Waals surface area (Å²) >= 11 is 7.22. The Bertz CT molecular complexity index is 250. The average molecular weight is 205 g/mol. The van der Waals surface area contributed by atoms with Crippen molar-refractivity contribution >= 4 is 28.8 Å². The summed E-state index contributed by atoms with van der Waals surface area (Å²) in [5.41, 5.74) is 1.66. The molecule has 3 nitrogen and oxygen atoms in total. The van der Waals surface area contributed by atoms with Crippen molar-refractivity contribution in [2.45, 2.75) is 12.3 Å². The number of hydrogen-bond donors (Lipinski definition) is 1. The summed E-state index contributed by atoms with van der Waals surface area (Å²) in [6.45, 7) is 2.45. The van der Waals surface area contributed by atoms with E-state index < -0.39 is 5.38 Å². The molecule has 0 spiro atoms. The molecule has 0 bridgehead atoms. The van der Waals surface area contributed by atoms with E-state index in [-0.39, 0.29) is 5.91 Å². The minimum Gasteiger partial charge on any atom is -0.355 e. The molecular formula is C7H9ClN2OS. The summed E-state index contributed by atoms with van der Waals surface area (Å²) < 4.78 is 0. The molecule has 1 rings (SSSR count). The van der Waals surface area contributed by atoms with Crippen LogP contribution in [-0.2, 0) is 4.79 Å². The first kappa shape index (κ1) is 9.48. The van der Waals surface area contributed by atoms with Crippen LogP contribution in [0.1, 0.15) is 17.2 Å². The van der Waals surface area contributed by atoms with Crippen molar-refractivity contribution in [1.29, 1.82) is 0 Å². The molecule has 1 unspecified atom stereocenters. The quantitative estimate of drug-likeness (QED) is 0.760. The number of thiazole rings is 1. The maximum Gasteiger partial charge on any atom is 0.243 e. The highest BCUT2D eigenvalue weighted by molar-refractivity contribution is 7.10. The van der Waals surface area contributed by atoms with Crippen LogP contribution in [0, 0.1) is 0 Å². The molecule has 5 heteroatoms. The lowest BCUT2D eigenvalue weighted by atomic mass is 10.3. The van der Waals surface area contributed by atoms with Gasteiger partial charge in [0.15, 0.2) is 0 Å². The van der Waals surface area contributed by atoms with Gasteiger partial charge in [-0.3, -0.25) is 9.78 Å². The Morgan fingerprint density at radius 2 is 2.67 bits per heavy atom. The van der Waals surface area contributed by atoms with Crippen molar-refractivity contribution < 1.29 is 4.79 Å². The first-order valence-electron chi connectivity index (χ1n) is 3.56. The Kier molecular flexibility index (Phi) is 3.49. The van der Waals surface area contributed by atoms with E-state index in [0.717, 1.165) is 4.88 Å². The molecule has 1 amide bonds. The monoisotopic (exact) mass is 204 g/mol. The second kappa shape index (κ2) is 4.42. The van der Waals surface area contributed by atoms with Crippen molar-refractivity contribution in [2.24, 2.45) is 0 Å². The van der Waals surface area contributed by atoms with Gasteiger partial charge in [0, 0.05) is 12.7 Å². The number of alkyl halides is 1. The Labute approximate surface area is 79.8 Å². The lowest BCUT2D eigenvalue weighted by Gasteiger charge is -2.05. The molecule has 0 aliphatic rings. The molecule has 1 N–H and O–H groups in total. The molecular weight excluding hydrogens is 196 g/mol. The smallest absolute Gasteiger partial charge is 0.243 e. The van der Waals surface area contributed by atoms with Gasteiger partial charge in [-0.2, -0.15) is 0 Å². The van der Waals surface area contributed by atoms with Crippen LogP contribution in [0.5, 0.6) is 0 Å². The molecule has 1 atom stereocenters. The normalized spacial score (nSPS) is 12.5. The summed E-state index contributed by atoms with van der Waals surface area (Å²) in [5.74, 6) is -0.164. The largest absolute Gasteiger partial charge is 0.355 e. The first-order chi connectivity index (χ1) is 5.75. The summed E-state index contributed by atoms with van der Waals surface area (Å²) in [4.78, 5) is 15.8. The molecule has 1 aromatic rings. The highest BCUT2D eigenvalue weighted by Crippen LogP contribution is 2.23. The van der Waals surface area contributed by atoms with E-state index in [1.807, 2.05) is 6.92 Å². The van der Waals surface area contributed by atoms with Gasteiger partial charge in [-0.05, 0) is 6.92 Å². The molecule has 12 heavy (non-hydrogen) atoms. The van der Waals surface area contributed by atoms with E-state index in [0.29, 0.717) is 6.54 Å². The van der Waals surface area contributed by atoms with Gasteiger partial charge < -0.3 is 5.32 Å². The van der Waals surface area contributed by atoms with Crippen molar-refractivity contribution in [3.05, 3.63) is 16.6 Å². The Morgan fingerprint density at radius 1 is 1.92 bits per heavy atom. The topological polar surface area (TPSA) is 42.0 Å². The van der Waals surface area contributed by atoms with Gasteiger partial charge in [0.1, 0.15) is 5.38 Å². The summed E-state index contributed by atoms with van der Waals surface area (Å²) in [7, 11) is 0. The SMILES string of the molecule is CCNC(=O)C(Cl)c1cncs1. The van der Waals surface area contributed by atoms with Gasteiger partial charge in [0.2, 0.25) is 5.91 Å². The predicted molar refractivity (Wildman–Crippen MR) is 49.4 cm³/mol. The number of nitrogens with one attached hydrogen (secondary N) is 1. The van der Waals surface area contributed by atoms with Gasteiger partial charge in [-0.25, -0.2) is 0 Å². The van der Waals surface area contributed by atoms with E-state index in [9.17, 15) is 4.79 Å². The minimum absolute atomic E-state index is 0.164. The minimum atomic E-state index is -0.600. The molecule has 0 saturated carbocycles. The van der Waals surface area contributed by atoms with Gasteiger partial charge in [0.05, 0.1) is 10.4 Å². The van der Waals surface area contributed by atoms with Crippen LogP contribution < -0.4 is 5.32 Å². The van der Waals surface area contributed by atoms with Crippen LogP contribution in [0.15, 0.2) is 11.7 Å². The van der Waals surface area contributed by atoms with Gasteiger partial charge in [-0.1, -0.05) is 0 Å². The summed E-state index contributed by atoms with van der Waals surface area (Å²) in [6, 6.07) is 0. The molecule has 66 valence electrons. The second-order valence-corrected chi connectivity index (χ2v) is 3.52. The van der Waals surface area contributed by atoms with E-state index in [2.05, 4.69) is 10.3 Å². The fourth-order valence-corrected chi connectivity index (χ4v) is 1.62. The van der Waals surface area contributed by atoms with Crippen LogP contribution in [0.4, 0.5) is 0 Å². The fraction of sp³-hybridized carbons (Fsp3) is 0.429. The molecule has 0 saturated heterocycles.